The molecular weight excluding hydrogens is 303 g/mol. The van der Waals surface area contributed by atoms with E-state index in [0.29, 0.717) is 22.4 Å². The second-order valence-electron chi connectivity index (χ2n) is 3.20. The van der Waals surface area contributed by atoms with Gasteiger partial charge in [0.15, 0.2) is 0 Å². The molecule has 0 amide bonds. The Morgan fingerprint density at radius 3 is 2.88 bits per heavy atom. The first-order chi connectivity index (χ1) is 7.83. The van der Waals surface area contributed by atoms with Gasteiger partial charge >= 0.3 is 0 Å². The standard InChI is InChI=1S/C13H7N2O.Rh/c14-8-10-4-5-15-13(7-10)12-3-1-2-11(6-12)9-16;/h1-2,4-7,9H;/q-1;. The number of aromatic nitrogens is 1. The molecule has 0 aliphatic carbocycles. The molecule has 1 radical (unpaired) electrons. The van der Waals surface area contributed by atoms with Crippen molar-refractivity contribution in [3.63, 3.8) is 0 Å². The van der Waals surface area contributed by atoms with Crippen molar-refractivity contribution in [2.24, 2.45) is 0 Å². The average Bonchev–Trinajstić information content (AvgIpc) is 2.39. The molecule has 1 aromatic heterocycles. The fourth-order valence-corrected chi connectivity index (χ4v) is 1.35. The number of carbonyl (C=O) groups excluding carboxylic acids is 1. The number of hydrogen-bond acceptors (Lipinski definition) is 3. The Bertz CT molecular complexity index is 576. The van der Waals surface area contributed by atoms with Crippen LogP contribution in [0.25, 0.3) is 11.3 Å². The van der Waals surface area contributed by atoms with E-state index in [2.05, 4.69) is 11.1 Å². The number of pyridine rings is 1. The van der Waals surface area contributed by atoms with Gasteiger partial charge in [-0.05, 0) is 11.8 Å². The van der Waals surface area contributed by atoms with Gasteiger partial charge < -0.3 is 4.98 Å². The van der Waals surface area contributed by atoms with Gasteiger partial charge in [0.05, 0.1) is 6.07 Å². The van der Waals surface area contributed by atoms with Crippen LogP contribution >= 0.6 is 0 Å². The van der Waals surface area contributed by atoms with Crippen LogP contribution < -0.4 is 0 Å². The largest absolute Gasteiger partial charge is 0.305 e. The summed E-state index contributed by atoms with van der Waals surface area (Å²) >= 11 is 0. The molecule has 0 saturated heterocycles. The number of carbonyl (C=O) groups is 1. The van der Waals surface area contributed by atoms with Gasteiger partial charge in [-0.15, -0.1) is 29.8 Å². The molecule has 17 heavy (non-hydrogen) atoms. The monoisotopic (exact) mass is 310 g/mol. The molecule has 1 aromatic carbocycles. The topological polar surface area (TPSA) is 53.8 Å². The van der Waals surface area contributed by atoms with Gasteiger partial charge in [-0.3, -0.25) is 4.79 Å². The van der Waals surface area contributed by atoms with Crippen LogP contribution in [0.4, 0.5) is 0 Å². The van der Waals surface area contributed by atoms with E-state index in [-0.39, 0.29) is 19.5 Å². The smallest absolute Gasteiger partial charge is 0.131 e. The van der Waals surface area contributed by atoms with Crippen LogP contribution in [0.15, 0.2) is 36.5 Å². The first-order valence-electron chi connectivity index (χ1n) is 4.67. The normalized spacial score (nSPS) is 8.88. The predicted octanol–water partition coefficient (Wildman–Crippen LogP) is 2.23. The molecule has 0 unspecified atom stereocenters. The van der Waals surface area contributed by atoms with Crippen molar-refractivity contribution in [1.29, 1.82) is 5.26 Å². The number of benzene rings is 1. The zero-order valence-electron chi connectivity index (χ0n) is 8.68. The summed E-state index contributed by atoms with van der Waals surface area (Å²) < 4.78 is 0. The summed E-state index contributed by atoms with van der Waals surface area (Å²) in [5, 5.41) is 8.77. The third-order valence-electron chi connectivity index (χ3n) is 2.13. The summed E-state index contributed by atoms with van der Waals surface area (Å²) in [6.07, 6.45) is 2.33. The SMILES string of the molecule is N#Cc1ccnc(-c2[c-]ccc(C=O)c2)c1.[Rh]. The van der Waals surface area contributed by atoms with Crippen molar-refractivity contribution in [2.45, 2.75) is 0 Å². The molecule has 3 nitrogen and oxygen atoms in total. The Hall–Kier alpha value is -1.85. The maximum atomic E-state index is 10.6. The van der Waals surface area contributed by atoms with E-state index in [4.69, 9.17) is 5.26 Å². The molecule has 0 bridgehead atoms. The molecule has 0 saturated carbocycles. The van der Waals surface area contributed by atoms with E-state index in [9.17, 15) is 4.79 Å². The van der Waals surface area contributed by atoms with Crippen molar-refractivity contribution in [3.8, 4) is 17.3 Å². The summed E-state index contributed by atoms with van der Waals surface area (Å²) in [5.74, 6) is 0. The number of hydrogen-bond donors (Lipinski definition) is 0. The van der Waals surface area contributed by atoms with Crippen molar-refractivity contribution >= 4 is 6.29 Å². The van der Waals surface area contributed by atoms with Crippen LogP contribution in [-0.2, 0) is 19.5 Å². The van der Waals surface area contributed by atoms with E-state index >= 15 is 0 Å². The minimum atomic E-state index is 0. The molecule has 4 heteroatoms. The first kappa shape index (κ1) is 13.2. The van der Waals surface area contributed by atoms with Crippen molar-refractivity contribution in [3.05, 3.63) is 53.7 Å². The molecule has 0 N–H and O–H groups in total. The number of aldehydes is 1. The van der Waals surface area contributed by atoms with Crippen LogP contribution in [-0.4, -0.2) is 11.3 Å². The van der Waals surface area contributed by atoms with Gasteiger partial charge in [0.1, 0.15) is 6.29 Å². The molecule has 1 heterocycles. The minimum Gasteiger partial charge on any atom is -0.305 e. The number of nitriles is 1. The van der Waals surface area contributed by atoms with Crippen molar-refractivity contribution < 1.29 is 24.3 Å². The Balaban J connectivity index is 0.00000144. The quantitative estimate of drug-likeness (QED) is 0.485. The molecule has 2 aromatic rings. The van der Waals surface area contributed by atoms with Gasteiger partial charge in [-0.2, -0.15) is 5.26 Å². The van der Waals surface area contributed by atoms with Crippen molar-refractivity contribution in [1.82, 2.24) is 4.98 Å². The maximum absolute atomic E-state index is 10.6. The van der Waals surface area contributed by atoms with E-state index in [1.165, 1.54) is 0 Å². The average molecular weight is 310 g/mol. The predicted molar refractivity (Wildman–Crippen MR) is 58.6 cm³/mol. The molecule has 0 atom stereocenters. The van der Waals surface area contributed by atoms with Gasteiger partial charge in [0, 0.05) is 31.2 Å². The summed E-state index contributed by atoms with van der Waals surface area (Å²) in [7, 11) is 0. The summed E-state index contributed by atoms with van der Waals surface area (Å²) in [6.45, 7) is 0. The van der Waals surface area contributed by atoms with Crippen LogP contribution in [0.5, 0.6) is 0 Å². The molecule has 2 rings (SSSR count). The van der Waals surface area contributed by atoms with E-state index in [1.807, 2.05) is 6.07 Å². The second kappa shape index (κ2) is 6.03. The van der Waals surface area contributed by atoms with Gasteiger partial charge in [-0.1, -0.05) is 11.6 Å². The molecule has 85 valence electrons. The van der Waals surface area contributed by atoms with E-state index < -0.39 is 0 Å². The number of rotatable bonds is 2. The van der Waals surface area contributed by atoms with E-state index in [0.717, 1.165) is 6.29 Å². The van der Waals surface area contributed by atoms with Gasteiger partial charge in [0.2, 0.25) is 0 Å². The van der Waals surface area contributed by atoms with Crippen LogP contribution in [0.2, 0.25) is 0 Å². The number of nitrogens with zero attached hydrogens (tertiary/aromatic N) is 2. The minimum absolute atomic E-state index is 0. The Kier molecular flexibility index (Phi) is 4.69. The third kappa shape index (κ3) is 3.06. The molecule has 0 aliphatic heterocycles. The first-order valence-corrected chi connectivity index (χ1v) is 4.67. The Labute approximate surface area is 112 Å². The van der Waals surface area contributed by atoms with Crippen molar-refractivity contribution in [2.75, 3.05) is 0 Å². The molecule has 0 spiro atoms. The molecular formula is C13H7N2ORh-. The Morgan fingerprint density at radius 2 is 2.18 bits per heavy atom. The fourth-order valence-electron chi connectivity index (χ4n) is 1.35. The zero-order valence-corrected chi connectivity index (χ0v) is 10.3. The van der Waals surface area contributed by atoms with Crippen LogP contribution in [0.1, 0.15) is 15.9 Å². The van der Waals surface area contributed by atoms with Gasteiger partial charge in [0.25, 0.3) is 0 Å². The molecule has 0 aliphatic rings. The summed E-state index contributed by atoms with van der Waals surface area (Å²) in [6, 6.07) is 13.3. The zero-order chi connectivity index (χ0) is 11.4. The Morgan fingerprint density at radius 1 is 1.35 bits per heavy atom. The van der Waals surface area contributed by atoms with E-state index in [1.54, 1.807) is 36.5 Å². The fraction of sp³-hybridized carbons (Fsp3) is 0. The van der Waals surface area contributed by atoms with Crippen LogP contribution in [0, 0.1) is 17.4 Å². The summed E-state index contributed by atoms with van der Waals surface area (Å²) in [5.41, 5.74) is 2.46. The summed E-state index contributed by atoms with van der Waals surface area (Å²) in [4.78, 5) is 14.8. The second-order valence-corrected chi connectivity index (χ2v) is 3.20. The maximum Gasteiger partial charge on any atom is 0.131 e. The van der Waals surface area contributed by atoms with Gasteiger partial charge in [-0.25, -0.2) is 0 Å². The third-order valence-corrected chi connectivity index (χ3v) is 2.13. The van der Waals surface area contributed by atoms with Crippen LogP contribution in [0.3, 0.4) is 0 Å². The molecule has 0 fully saturated rings.